The van der Waals surface area contributed by atoms with Crippen LogP contribution < -0.4 is 0 Å². The molecule has 0 saturated heterocycles. The minimum absolute atomic E-state index is 0.129. The molecular weight excluding hydrogens is 545 g/mol. The number of benzene rings is 2. The highest BCUT2D eigenvalue weighted by Crippen LogP contribution is 2.62. The van der Waals surface area contributed by atoms with E-state index in [2.05, 4.69) is 26.2 Å². The summed E-state index contributed by atoms with van der Waals surface area (Å²) < 4.78 is 7.45. The van der Waals surface area contributed by atoms with Gasteiger partial charge in [-0.1, -0.05) is 12.1 Å². The molecule has 4 bridgehead atoms. The van der Waals surface area contributed by atoms with Crippen LogP contribution in [0.15, 0.2) is 36.4 Å². The van der Waals surface area contributed by atoms with Crippen molar-refractivity contribution < 1.29 is 24.5 Å². The predicted octanol–water partition coefficient (Wildman–Crippen LogP) is 8.33. The summed E-state index contributed by atoms with van der Waals surface area (Å²) in [6.07, 6.45) is 12.1. The van der Waals surface area contributed by atoms with E-state index >= 15 is 0 Å². The van der Waals surface area contributed by atoms with Crippen LogP contribution in [0.3, 0.4) is 0 Å². The first-order chi connectivity index (χ1) is 19.4. The van der Waals surface area contributed by atoms with Gasteiger partial charge in [0.1, 0.15) is 23.0 Å². The Morgan fingerprint density at radius 3 is 1.34 bits per heavy atom. The van der Waals surface area contributed by atoms with Gasteiger partial charge in [-0.25, -0.2) is 0 Å². The molecule has 8 unspecified atom stereocenters. The fourth-order valence-electron chi connectivity index (χ4n) is 10.2. The van der Waals surface area contributed by atoms with E-state index in [1.54, 1.807) is 12.1 Å². The number of phenolic OH excluding ortho intramolecular Hbond substituents is 4. The van der Waals surface area contributed by atoms with Crippen molar-refractivity contribution >= 4 is 16.6 Å². The van der Waals surface area contributed by atoms with Crippen molar-refractivity contribution in [3.05, 3.63) is 47.5 Å². The fraction of sp³-hybridized carbons (Fsp3) is 0.647. The molecule has 4 aliphatic carbocycles. The standard InChI is InChI=1S/C34H50O5Si2/c1-40(2,33-17-25-15-27(33)13-23(25)7-5-21-9-11-29(35)19-31(21)37)39-41(3,4)34-18-26-16-28(34)14-24(26)8-6-22-10-12-30(36)20-32(22)38/h9-12,19-20,23-28,33-38H,5-8,13-18H2,1-4H3. The molecule has 5 nitrogen and oxygen atoms in total. The van der Waals surface area contributed by atoms with E-state index in [0.29, 0.717) is 0 Å². The SMILES string of the molecule is C[Si](C)(O[Si](C)(C)C1CC2CC1CC2CCc1ccc(O)cc1O)C1CC2CC1CC2CCc1ccc(O)cc1O. The summed E-state index contributed by atoms with van der Waals surface area (Å²) in [6, 6.07) is 10.0. The van der Waals surface area contributed by atoms with Crippen molar-refractivity contribution in [2.75, 3.05) is 0 Å². The molecule has 0 amide bonds. The third kappa shape index (κ3) is 5.83. The maximum absolute atomic E-state index is 10.2. The lowest BCUT2D eigenvalue weighted by molar-refractivity contribution is 0.290. The number of hydrogen-bond donors (Lipinski definition) is 4. The van der Waals surface area contributed by atoms with Crippen LogP contribution in [0.4, 0.5) is 0 Å². The van der Waals surface area contributed by atoms with Gasteiger partial charge in [0.05, 0.1) is 0 Å². The van der Waals surface area contributed by atoms with Crippen molar-refractivity contribution in [2.45, 2.75) is 101 Å². The Kier molecular flexibility index (Phi) is 7.77. The largest absolute Gasteiger partial charge is 0.508 e. The first kappa shape index (κ1) is 29.1. The minimum atomic E-state index is -1.83. The van der Waals surface area contributed by atoms with E-state index in [9.17, 15) is 20.4 Å². The van der Waals surface area contributed by atoms with E-state index in [0.717, 1.165) is 83.4 Å². The molecule has 224 valence electrons. The van der Waals surface area contributed by atoms with Crippen molar-refractivity contribution in [2.24, 2.45) is 35.5 Å². The second-order valence-corrected chi connectivity index (χ2v) is 23.9. The first-order valence-electron chi connectivity index (χ1n) is 16.1. The van der Waals surface area contributed by atoms with E-state index in [1.165, 1.54) is 50.7 Å². The van der Waals surface area contributed by atoms with Crippen LogP contribution >= 0.6 is 0 Å². The van der Waals surface area contributed by atoms with E-state index in [-0.39, 0.29) is 23.0 Å². The van der Waals surface area contributed by atoms with Crippen LogP contribution in [0.1, 0.15) is 62.5 Å². The predicted molar refractivity (Wildman–Crippen MR) is 168 cm³/mol. The van der Waals surface area contributed by atoms with Crippen LogP contribution in [-0.2, 0) is 17.0 Å². The Morgan fingerprint density at radius 1 is 0.585 bits per heavy atom. The number of fused-ring (bicyclic) bond motifs is 4. The number of phenols is 4. The van der Waals surface area contributed by atoms with Crippen LogP contribution in [0.2, 0.25) is 37.3 Å². The molecule has 4 saturated carbocycles. The zero-order valence-corrected chi connectivity index (χ0v) is 27.4. The lowest BCUT2D eigenvalue weighted by Crippen LogP contribution is -2.52. The van der Waals surface area contributed by atoms with Gasteiger partial charge in [-0.05, 0) is 160 Å². The third-order valence-electron chi connectivity index (χ3n) is 12.0. The molecule has 0 radical (unpaired) electrons. The summed E-state index contributed by atoms with van der Waals surface area (Å²) in [5.41, 5.74) is 3.47. The second-order valence-electron chi connectivity index (χ2n) is 15.2. The molecule has 0 aliphatic heterocycles. The topological polar surface area (TPSA) is 90.2 Å². The van der Waals surface area contributed by atoms with E-state index in [4.69, 9.17) is 4.12 Å². The first-order valence-corrected chi connectivity index (χ1v) is 22.1. The smallest absolute Gasteiger partial charge is 0.176 e. The number of hydrogen-bond acceptors (Lipinski definition) is 5. The zero-order valence-electron chi connectivity index (χ0n) is 25.4. The second kappa shape index (κ2) is 10.9. The molecule has 7 heteroatoms. The summed E-state index contributed by atoms with van der Waals surface area (Å²) in [6.45, 7) is 10.1. The molecule has 2 aromatic carbocycles. The molecular formula is C34H50O5Si2. The van der Waals surface area contributed by atoms with Gasteiger partial charge in [-0.15, -0.1) is 0 Å². The average Bonchev–Trinajstić information content (AvgIpc) is 3.68. The van der Waals surface area contributed by atoms with Crippen molar-refractivity contribution in [3.63, 3.8) is 0 Å². The molecule has 8 atom stereocenters. The molecule has 2 aromatic rings. The van der Waals surface area contributed by atoms with Gasteiger partial charge in [0.15, 0.2) is 16.6 Å². The summed E-state index contributed by atoms with van der Waals surface area (Å²) in [5, 5.41) is 39.6. The Bertz CT molecular complexity index is 1170. The highest BCUT2D eigenvalue weighted by molar-refractivity contribution is 6.86. The maximum Gasteiger partial charge on any atom is 0.176 e. The van der Waals surface area contributed by atoms with Crippen molar-refractivity contribution in [1.82, 2.24) is 0 Å². The van der Waals surface area contributed by atoms with Gasteiger partial charge < -0.3 is 24.5 Å². The number of aromatic hydroxyl groups is 4. The van der Waals surface area contributed by atoms with Crippen molar-refractivity contribution in [1.29, 1.82) is 0 Å². The minimum Gasteiger partial charge on any atom is -0.508 e. The normalized spacial score (nSPS) is 32.7. The van der Waals surface area contributed by atoms with Crippen LogP contribution in [0.5, 0.6) is 23.0 Å². The van der Waals surface area contributed by atoms with Gasteiger partial charge in [0, 0.05) is 12.1 Å². The highest BCUT2D eigenvalue weighted by atomic mass is 28.4. The quantitative estimate of drug-likeness (QED) is 0.208. The lowest BCUT2D eigenvalue weighted by atomic mass is 9.84. The Hall–Kier alpha value is -1.97. The molecule has 4 fully saturated rings. The third-order valence-corrected chi connectivity index (χ3v) is 21.2. The lowest BCUT2D eigenvalue weighted by Gasteiger charge is -2.46. The zero-order chi connectivity index (χ0) is 29.1. The van der Waals surface area contributed by atoms with Crippen LogP contribution in [0.25, 0.3) is 0 Å². The highest BCUT2D eigenvalue weighted by Gasteiger charge is 2.57. The van der Waals surface area contributed by atoms with Gasteiger partial charge in [-0.2, -0.15) is 0 Å². The van der Waals surface area contributed by atoms with E-state index in [1.807, 2.05) is 12.1 Å². The molecule has 6 rings (SSSR count). The van der Waals surface area contributed by atoms with Crippen LogP contribution in [0, 0.1) is 35.5 Å². The monoisotopic (exact) mass is 594 g/mol. The van der Waals surface area contributed by atoms with Crippen LogP contribution in [-0.4, -0.2) is 37.1 Å². The fourth-order valence-corrected chi connectivity index (χ4v) is 21.4. The summed E-state index contributed by atoms with van der Waals surface area (Å²) >= 11 is 0. The number of aryl methyl sites for hydroxylation is 2. The Morgan fingerprint density at radius 2 is 1.00 bits per heavy atom. The van der Waals surface area contributed by atoms with Gasteiger partial charge in [-0.3, -0.25) is 0 Å². The average molecular weight is 595 g/mol. The molecule has 4 N–H and O–H groups in total. The van der Waals surface area contributed by atoms with Crippen molar-refractivity contribution in [3.8, 4) is 23.0 Å². The molecule has 0 heterocycles. The molecule has 0 spiro atoms. The van der Waals surface area contributed by atoms with E-state index < -0.39 is 16.6 Å². The Labute approximate surface area is 248 Å². The molecule has 41 heavy (non-hydrogen) atoms. The van der Waals surface area contributed by atoms with Gasteiger partial charge >= 0.3 is 0 Å². The summed E-state index contributed by atoms with van der Waals surface area (Å²) in [7, 11) is -3.66. The molecule has 0 aromatic heterocycles. The number of rotatable bonds is 10. The van der Waals surface area contributed by atoms with Gasteiger partial charge in [0.25, 0.3) is 0 Å². The molecule has 4 aliphatic rings. The Balaban J connectivity index is 1.00. The summed E-state index contributed by atoms with van der Waals surface area (Å²) in [5.74, 6) is 5.45. The van der Waals surface area contributed by atoms with Gasteiger partial charge in [0.2, 0.25) is 0 Å². The maximum atomic E-state index is 10.2. The summed E-state index contributed by atoms with van der Waals surface area (Å²) in [4.78, 5) is 0.